The second-order valence-electron chi connectivity index (χ2n) is 4.91. The molecule has 0 aliphatic carbocycles. The van der Waals surface area contributed by atoms with Gasteiger partial charge >= 0.3 is 0 Å². The van der Waals surface area contributed by atoms with Gasteiger partial charge in [0.25, 0.3) is 0 Å². The second-order valence-corrected chi connectivity index (χ2v) is 4.91. The summed E-state index contributed by atoms with van der Waals surface area (Å²) < 4.78 is 7.06. The van der Waals surface area contributed by atoms with Crippen LogP contribution in [0.5, 0.6) is 0 Å². The average molecular weight is 281 g/mol. The van der Waals surface area contributed by atoms with Crippen LogP contribution in [0.4, 0.5) is 0 Å². The Morgan fingerprint density at radius 1 is 1.10 bits per heavy atom. The Bertz CT molecular complexity index is 721. The van der Waals surface area contributed by atoms with Gasteiger partial charge in [-0.15, -0.1) is 0 Å². The van der Waals surface area contributed by atoms with Crippen LogP contribution in [-0.2, 0) is 11.3 Å². The first-order valence-electron chi connectivity index (χ1n) is 7.11. The number of rotatable bonds is 6. The average Bonchev–Trinajstić information content (AvgIpc) is 2.96. The third kappa shape index (κ3) is 2.96. The molecule has 0 fully saturated rings. The van der Waals surface area contributed by atoms with Crippen molar-refractivity contribution < 1.29 is 4.74 Å². The molecule has 0 bridgehead atoms. The van der Waals surface area contributed by atoms with E-state index in [1.165, 1.54) is 5.56 Å². The first-order chi connectivity index (χ1) is 10.4. The van der Waals surface area contributed by atoms with Gasteiger partial charge in [-0.05, 0) is 17.7 Å². The molecule has 3 rings (SSSR count). The molecule has 0 amide bonds. The number of ether oxygens (including phenoxy) is 1. The highest BCUT2D eigenvalue weighted by atomic mass is 16.5. The summed E-state index contributed by atoms with van der Waals surface area (Å²) in [7, 11) is 1.71. The monoisotopic (exact) mass is 281 g/mol. The molecule has 0 radical (unpaired) electrons. The molecule has 2 aromatic carbocycles. The van der Waals surface area contributed by atoms with Gasteiger partial charge in [0, 0.05) is 25.6 Å². The van der Waals surface area contributed by atoms with Crippen LogP contribution in [0.15, 0.2) is 54.7 Å². The Kier molecular flexibility index (Phi) is 4.28. The highest BCUT2D eigenvalue weighted by molar-refractivity contribution is 5.80. The first-order valence-corrected chi connectivity index (χ1v) is 7.11. The molecule has 1 heterocycles. The topological polar surface area (TPSA) is 39.1 Å². The van der Waals surface area contributed by atoms with Gasteiger partial charge in [-0.3, -0.25) is 0 Å². The van der Waals surface area contributed by atoms with Crippen LogP contribution in [0.25, 0.3) is 16.6 Å². The molecule has 3 aromatic rings. The summed E-state index contributed by atoms with van der Waals surface area (Å²) in [4.78, 5) is 0. The quantitative estimate of drug-likeness (QED) is 0.706. The molecule has 0 aliphatic heterocycles. The van der Waals surface area contributed by atoms with Gasteiger partial charge in [-0.25, -0.2) is 4.68 Å². The minimum absolute atomic E-state index is 0.715. The van der Waals surface area contributed by atoms with Crippen molar-refractivity contribution in [2.75, 3.05) is 20.3 Å². The lowest BCUT2D eigenvalue weighted by Gasteiger charge is -2.11. The fraction of sp³-hybridized carbons (Fsp3) is 0.235. The molecule has 0 saturated carbocycles. The van der Waals surface area contributed by atoms with Crippen LogP contribution in [0, 0.1) is 0 Å². The fourth-order valence-corrected chi connectivity index (χ4v) is 2.43. The number of hydrogen-bond acceptors (Lipinski definition) is 3. The summed E-state index contributed by atoms with van der Waals surface area (Å²) in [6.07, 6.45) is 1.91. The highest BCUT2D eigenvalue weighted by Gasteiger charge is 2.08. The predicted molar refractivity (Wildman–Crippen MR) is 84.7 cm³/mol. The number of nitrogens with zero attached hydrogens (tertiary/aromatic N) is 2. The molecule has 0 atom stereocenters. The van der Waals surface area contributed by atoms with Crippen LogP contribution in [0.1, 0.15) is 5.56 Å². The van der Waals surface area contributed by atoms with Crippen molar-refractivity contribution in [3.63, 3.8) is 0 Å². The molecule has 0 unspecified atom stereocenters. The van der Waals surface area contributed by atoms with Crippen molar-refractivity contribution in [3.05, 3.63) is 60.3 Å². The molecule has 4 nitrogen and oxygen atoms in total. The van der Waals surface area contributed by atoms with Crippen molar-refractivity contribution in [1.29, 1.82) is 0 Å². The zero-order chi connectivity index (χ0) is 14.5. The first kappa shape index (κ1) is 13.8. The third-order valence-corrected chi connectivity index (χ3v) is 3.50. The van der Waals surface area contributed by atoms with E-state index in [0.717, 1.165) is 29.7 Å². The van der Waals surface area contributed by atoms with E-state index in [0.29, 0.717) is 6.61 Å². The predicted octanol–water partition coefficient (Wildman–Crippen LogP) is 2.76. The lowest BCUT2D eigenvalue weighted by molar-refractivity contribution is 0.199. The van der Waals surface area contributed by atoms with Gasteiger partial charge in [0.2, 0.25) is 0 Å². The van der Waals surface area contributed by atoms with Crippen molar-refractivity contribution in [1.82, 2.24) is 15.1 Å². The summed E-state index contributed by atoms with van der Waals surface area (Å²) >= 11 is 0. The molecule has 1 aromatic heterocycles. The van der Waals surface area contributed by atoms with E-state index in [2.05, 4.69) is 40.7 Å². The summed E-state index contributed by atoms with van der Waals surface area (Å²) in [6, 6.07) is 16.6. The Balaban J connectivity index is 1.91. The van der Waals surface area contributed by atoms with Crippen LogP contribution in [-0.4, -0.2) is 30.0 Å². The minimum atomic E-state index is 0.715. The highest BCUT2D eigenvalue weighted by Crippen LogP contribution is 2.20. The van der Waals surface area contributed by atoms with E-state index in [9.17, 15) is 0 Å². The van der Waals surface area contributed by atoms with E-state index in [4.69, 9.17) is 4.74 Å². The van der Waals surface area contributed by atoms with Gasteiger partial charge in [0.15, 0.2) is 0 Å². The smallest absolute Gasteiger partial charge is 0.0741 e. The zero-order valence-corrected chi connectivity index (χ0v) is 12.1. The van der Waals surface area contributed by atoms with Crippen molar-refractivity contribution >= 4 is 10.9 Å². The van der Waals surface area contributed by atoms with Gasteiger partial charge in [-0.1, -0.05) is 36.4 Å². The second kappa shape index (κ2) is 6.52. The standard InChI is InChI=1S/C17H19N3O/c1-21-11-10-18-12-14-6-2-4-8-16(14)20-17-9-5-3-7-15(17)13-19-20/h2-9,13,18H,10-12H2,1H3. The lowest BCUT2D eigenvalue weighted by atomic mass is 10.1. The van der Waals surface area contributed by atoms with Crippen LogP contribution in [0.2, 0.25) is 0 Å². The summed E-state index contributed by atoms with van der Waals surface area (Å²) in [5.74, 6) is 0. The molecular formula is C17H19N3O. The zero-order valence-electron chi connectivity index (χ0n) is 12.1. The van der Waals surface area contributed by atoms with Gasteiger partial charge in [0.1, 0.15) is 0 Å². The summed E-state index contributed by atoms with van der Waals surface area (Å²) in [5, 5.41) is 9.07. The molecule has 1 N–H and O–H groups in total. The Labute approximate surface area is 124 Å². The molecule has 0 spiro atoms. The minimum Gasteiger partial charge on any atom is -0.383 e. The molecule has 108 valence electrons. The van der Waals surface area contributed by atoms with Crippen LogP contribution in [0.3, 0.4) is 0 Å². The van der Waals surface area contributed by atoms with E-state index in [1.54, 1.807) is 7.11 Å². The van der Waals surface area contributed by atoms with Crippen molar-refractivity contribution in [3.8, 4) is 5.69 Å². The molecule has 21 heavy (non-hydrogen) atoms. The summed E-state index contributed by atoms with van der Waals surface area (Å²) in [6.45, 7) is 2.35. The number of hydrogen-bond donors (Lipinski definition) is 1. The number of benzene rings is 2. The van der Waals surface area contributed by atoms with Crippen LogP contribution >= 0.6 is 0 Å². The number of nitrogens with one attached hydrogen (secondary N) is 1. The van der Waals surface area contributed by atoms with Gasteiger partial charge < -0.3 is 10.1 Å². The number of aromatic nitrogens is 2. The van der Waals surface area contributed by atoms with E-state index in [-0.39, 0.29) is 0 Å². The SMILES string of the molecule is COCCNCc1ccccc1-n1ncc2ccccc21. The Morgan fingerprint density at radius 2 is 1.90 bits per heavy atom. The molecular weight excluding hydrogens is 262 g/mol. The third-order valence-electron chi connectivity index (χ3n) is 3.50. The number of methoxy groups -OCH3 is 1. The maximum Gasteiger partial charge on any atom is 0.0741 e. The van der Waals surface area contributed by atoms with Crippen molar-refractivity contribution in [2.45, 2.75) is 6.54 Å². The molecule has 0 aliphatic rings. The maximum absolute atomic E-state index is 5.06. The number of para-hydroxylation sites is 2. The summed E-state index contributed by atoms with van der Waals surface area (Å²) in [5.41, 5.74) is 3.47. The largest absolute Gasteiger partial charge is 0.383 e. The number of fused-ring (bicyclic) bond motifs is 1. The van der Waals surface area contributed by atoms with E-state index in [1.807, 2.05) is 29.1 Å². The Morgan fingerprint density at radius 3 is 2.81 bits per heavy atom. The fourth-order valence-electron chi connectivity index (χ4n) is 2.43. The Hall–Kier alpha value is -2.17. The van der Waals surface area contributed by atoms with Gasteiger partial charge in [0.05, 0.1) is 24.0 Å². The lowest BCUT2D eigenvalue weighted by Crippen LogP contribution is -2.19. The molecule has 4 heteroatoms. The molecule has 0 saturated heterocycles. The van der Waals surface area contributed by atoms with Crippen molar-refractivity contribution in [2.24, 2.45) is 0 Å². The van der Waals surface area contributed by atoms with E-state index >= 15 is 0 Å². The van der Waals surface area contributed by atoms with Crippen LogP contribution < -0.4 is 5.32 Å². The maximum atomic E-state index is 5.06. The van der Waals surface area contributed by atoms with Gasteiger partial charge in [-0.2, -0.15) is 5.10 Å². The normalized spacial score (nSPS) is 11.1. The van der Waals surface area contributed by atoms with E-state index < -0.39 is 0 Å².